The van der Waals surface area contributed by atoms with E-state index in [1.165, 1.54) is 32.1 Å². The molecule has 8 heteroatoms. The summed E-state index contributed by atoms with van der Waals surface area (Å²) in [6.45, 7) is 8.76. The molecule has 5 rings (SSSR count). The van der Waals surface area contributed by atoms with E-state index in [2.05, 4.69) is 47.0 Å². The van der Waals surface area contributed by atoms with Gasteiger partial charge in [0.2, 0.25) is 11.9 Å². The van der Waals surface area contributed by atoms with E-state index >= 15 is 0 Å². The van der Waals surface area contributed by atoms with E-state index in [1.54, 1.807) is 0 Å². The van der Waals surface area contributed by atoms with Crippen LogP contribution in [0, 0.1) is 5.41 Å². The maximum absolute atomic E-state index is 6.19. The van der Waals surface area contributed by atoms with Crippen molar-refractivity contribution in [1.29, 1.82) is 0 Å². The second-order valence-corrected chi connectivity index (χ2v) is 10.1. The Balaban J connectivity index is 1.50. The van der Waals surface area contributed by atoms with Crippen LogP contribution in [-0.2, 0) is 6.54 Å². The van der Waals surface area contributed by atoms with Gasteiger partial charge in [0, 0.05) is 24.2 Å². The molecule has 34 heavy (non-hydrogen) atoms. The minimum atomic E-state index is 0.278. The standard InChI is InChI=1S/C26H37N7O/c1-19(2)21-17-30-33-23(21)31-24-29-18-26(11-13-27-14-12-26)10-6-3-7-15-34-22-9-5-4-8-20(22)16-28-25(33)32-24/h4-5,8-9,17,19,27H,3,6-7,10-16,18H2,1-2H3,(H2,28,29,31,32). The van der Waals surface area contributed by atoms with Crippen LogP contribution in [0.5, 0.6) is 5.75 Å². The third kappa shape index (κ3) is 4.97. The highest BCUT2D eigenvalue weighted by Crippen LogP contribution is 2.35. The van der Waals surface area contributed by atoms with Gasteiger partial charge in [0.15, 0.2) is 5.65 Å². The fourth-order valence-electron chi connectivity index (χ4n) is 5.16. The van der Waals surface area contributed by atoms with E-state index in [4.69, 9.17) is 14.7 Å². The lowest BCUT2D eigenvalue weighted by atomic mass is 9.75. The summed E-state index contributed by atoms with van der Waals surface area (Å²) >= 11 is 0. The molecule has 2 aliphatic rings. The van der Waals surface area contributed by atoms with Gasteiger partial charge in [0.05, 0.1) is 12.8 Å². The van der Waals surface area contributed by atoms with Crippen LogP contribution in [0.15, 0.2) is 30.5 Å². The Hall–Kier alpha value is -2.87. The first-order valence-electron chi connectivity index (χ1n) is 12.8. The number of fused-ring (bicyclic) bond motifs is 5. The molecule has 8 nitrogen and oxygen atoms in total. The van der Waals surface area contributed by atoms with Crippen LogP contribution < -0.4 is 20.7 Å². The Kier molecular flexibility index (Phi) is 6.85. The van der Waals surface area contributed by atoms with Crippen LogP contribution in [0.1, 0.15) is 69.4 Å². The predicted molar refractivity (Wildman–Crippen MR) is 136 cm³/mol. The number of para-hydroxylation sites is 1. The number of anilines is 2. The average Bonchev–Trinajstić information content (AvgIpc) is 3.29. The van der Waals surface area contributed by atoms with Crippen molar-refractivity contribution in [3.05, 3.63) is 41.6 Å². The van der Waals surface area contributed by atoms with Gasteiger partial charge in [0.25, 0.3) is 0 Å². The van der Waals surface area contributed by atoms with E-state index in [1.807, 2.05) is 22.8 Å². The molecule has 1 saturated heterocycles. The first kappa shape index (κ1) is 22.9. The number of hydrogen-bond donors (Lipinski definition) is 3. The number of aromatic nitrogens is 4. The number of nitrogens with zero attached hydrogens (tertiary/aromatic N) is 4. The van der Waals surface area contributed by atoms with Crippen molar-refractivity contribution in [2.24, 2.45) is 5.41 Å². The van der Waals surface area contributed by atoms with Gasteiger partial charge >= 0.3 is 0 Å². The summed E-state index contributed by atoms with van der Waals surface area (Å²) < 4.78 is 8.01. The minimum Gasteiger partial charge on any atom is -0.493 e. The topological polar surface area (TPSA) is 88.4 Å². The Morgan fingerprint density at radius 2 is 1.85 bits per heavy atom. The number of nitrogens with one attached hydrogen (secondary N) is 3. The van der Waals surface area contributed by atoms with Gasteiger partial charge in [-0.15, -0.1) is 0 Å². The molecule has 2 aromatic heterocycles. The fourth-order valence-corrected chi connectivity index (χ4v) is 5.16. The Morgan fingerprint density at radius 1 is 1.00 bits per heavy atom. The smallest absolute Gasteiger partial charge is 0.229 e. The monoisotopic (exact) mass is 463 g/mol. The molecule has 0 radical (unpaired) electrons. The van der Waals surface area contributed by atoms with Crippen LogP contribution in [0.3, 0.4) is 0 Å². The molecule has 0 saturated carbocycles. The molecule has 4 heterocycles. The maximum Gasteiger partial charge on any atom is 0.229 e. The molecule has 3 N–H and O–H groups in total. The molecule has 3 aromatic rings. The summed E-state index contributed by atoms with van der Waals surface area (Å²) in [5.41, 5.74) is 3.38. The van der Waals surface area contributed by atoms with Crippen LogP contribution >= 0.6 is 0 Å². The highest BCUT2D eigenvalue weighted by Gasteiger charge is 2.31. The molecule has 1 spiro atoms. The zero-order chi connectivity index (χ0) is 23.4. The van der Waals surface area contributed by atoms with E-state index in [-0.39, 0.29) is 5.41 Å². The van der Waals surface area contributed by atoms with Crippen molar-refractivity contribution in [3.63, 3.8) is 0 Å². The molecule has 1 aromatic carbocycles. The van der Waals surface area contributed by atoms with Gasteiger partial charge in [-0.05, 0) is 56.2 Å². The highest BCUT2D eigenvalue weighted by atomic mass is 16.5. The Bertz CT molecular complexity index is 1100. The van der Waals surface area contributed by atoms with Gasteiger partial charge < -0.3 is 20.7 Å². The molecule has 2 bridgehead atoms. The van der Waals surface area contributed by atoms with Crippen molar-refractivity contribution in [1.82, 2.24) is 24.9 Å². The summed E-state index contributed by atoms with van der Waals surface area (Å²) in [7, 11) is 0. The quantitative estimate of drug-likeness (QED) is 0.486. The number of ether oxygens (including phenoxy) is 1. The first-order chi connectivity index (χ1) is 16.6. The van der Waals surface area contributed by atoms with Crippen LogP contribution in [0.2, 0.25) is 0 Å². The maximum atomic E-state index is 6.19. The van der Waals surface area contributed by atoms with Crippen molar-refractivity contribution in [2.45, 2.75) is 64.8 Å². The van der Waals surface area contributed by atoms with Crippen LogP contribution in [0.25, 0.3) is 5.65 Å². The largest absolute Gasteiger partial charge is 0.493 e. The number of piperidine rings is 1. The molecule has 0 aliphatic carbocycles. The number of hydrogen-bond acceptors (Lipinski definition) is 7. The number of rotatable bonds is 1. The third-order valence-electron chi connectivity index (χ3n) is 7.32. The Morgan fingerprint density at radius 3 is 2.71 bits per heavy atom. The predicted octanol–water partition coefficient (Wildman–Crippen LogP) is 4.59. The van der Waals surface area contributed by atoms with Crippen molar-refractivity contribution < 1.29 is 4.74 Å². The molecular weight excluding hydrogens is 426 g/mol. The summed E-state index contributed by atoms with van der Waals surface area (Å²) in [6, 6.07) is 8.24. The van der Waals surface area contributed by atoms with E-state index in [0.29, 0.717) is 24.4 Å². The molecule has 2 aliphatic heterocycles. The molecular formula is C26H37N7O. The zero-order valence-corrected chi connectivity index (χ0v) is 20.4. The second kappa shape index (κ2) is 10.2. The second-order valence-electron chi connectivity index (χ2n) is 10.1. The molecule has 0 unspecified atom stereocenters. The minimum absolute atomic E-state index is 0.278. The van der Waals surface area contributed by atoms with Gasteiger partial charge in [-0.25, -0.2) is 0 Å². The first-order valence-corrected chi connectivity index (χ1v) is 12.8. The van der Waals surface area contributed by atoms with E-state index in [0.717, 1.165) is 55.2 Å². The molecule has 0 atom stereocenters. The summed E-state index contributed by atoms with van der Waals surface area (Å²) in [5.74, 6) is 2.63. The zero-order valence-electron chi connectivity index (χ0n) is 20.4. The Labute approximate surface area is 201 Å². The SMILES string of the molecule is CC(C)c1cnn2c3nc(nc12)NCC1(CCCCCOc2ccccc2CN3)CCNCC1. The van der Waals surface area contributed by atoms with E-state index < -0.39 is 0 Å². The third-order valence-corrected chi connectivity index (χ3v) is 7.32. The number of benzene rings is 1. The summed E-state index contributed by atoms with van der Waals surface area (Å²) in [5, 5.41) is 15.3. The fraction of sp³-hybridized carbons (Fsp3) is 0.577. The van der Waals surface area contributed by atoms with Crippen molar-refractivity contribution in [2.75, 3.05) is 36.9 Å². The van der Waals surface area contributed by atoms with Crippen LogP contribution in [0.4, 0.5) is 11.9 Å². The van der Waals surface area contributed by atoms with Gasteiger partial charge in [-0.2, -0.15) is 19.6 Å². The van der Waals surface area contributed by atoms with Crippen molar-refractivity contribution in [3.8, 4) is 5.75 Å². The summed E-state index contributed by atoms with van der Waals surface area (Å²) in [4.78, 5) is 9.78. The molecule has 1 fully saturated rings. The van der Waals surface area contributed by atoms with Gasteiger partial charge in [0.1, 0.15) is 5.75 Å². The van der Waals surface area contributed by atoms with Crippen molar-refractivity contribution >= 4 is 17.5 Å². The van der Waals surface area contributed by atoms with Gasteiger partial charge in [-0.3, -0.25) is 0 Å². The van der Waals surface area contributed by atoms with Crippen LogP contribution in [-0.4, -0.2) is 45.8 Å². The van der Waals surface area contributed by atoms with Gasteiger partial charge in [-0.1, -0.05) is 44.9 Å². The lowest BCUT2D eigenvalue weighted by Crippen LogP contribution is -2.41. The lowest BCUT2D eigenvalue weighted by Gasteiger charge is -2.38. The average molecular weight is 464 g/mol. The summed E-state index contributed by atoms with van der Waals surface area (Å²) in [6.07, 6.45) is 8.99. The molecule has 182 valence electrons. The molecule has 0 amide bonds. The van der Waals surface area contributed by atoms with E-state index in [9.17, 15) is 0 Å². The normalized spacial score (nSPS) is 19.3. The lowest BCUT2D eigenvalue weighted by molar-refractivity contribution is 0.192. The highest BCUT2D eigenvalue weighted by molar-refractivity contribution is 5.56.